The number of benzene rings is 1. The lowest BCUT2D eigenvalue weighted by Gasteiger charge is -2.24. The fraction of sp³-hybridized carbons (Fsp3) is 0.429. The van der Waals surface area contributed by atoms with Gasteiger partial charge in [0.1, 0.15) is 6.10 Å². The zero-order valence-electron chi connectivity index (χ0n) is 9.49. The van der Waals surface area contributed by atoms with Gasteiger partial charge in [0.25, 0.3) is 0 Å². The number of unbranched alkanes of at least 4 members (excludes halogenated alkanes) is 1. The maximum atomic E-state index is 5.88. The van der Waals surface area contributed by atoms with E-state index in [1.54, 1.807) is 0 Å². The van der Waals surface area contributed by atoms with Gasteiger partial charge in [0.05, 0.1) is 5.76 Å². The van der Waals surface area contributed by atoms with Crippen molar-refractivity contribution in [2.75, 3.05) is 0 Å². The van der Waals surface area contributed by atoms with Crippen molar-refractivity contribution < 1.29 is 4.74 Å². The molecule has 1 nitrogen and oxygen atoms in total. The van der Waals surface area contributed by atoms with E-state index in [1.807, 2.05) is 0 Å². The Hall–Kier alpha value is -1.24. The topological polar surface area (TPSA) is 9.23 Å². The van der Waals surface area contributed by atoms with E-state index in [1.165, 1.54) is 24.0 Å². The summed E-state index contributed by atoms with van der Waals surface area (Å²) in [6.45, 7) is 4.33. The Balaban J connectivity index is 2.22. The number of fused-ring (bicyclic) bond motifs is 1. The minimum atomic E-state index is 0.207. The average molecular weight is 202 g/mol. The number of ether oxygens (including phenoxy) is 1. The third kappa shape index (κ3) is 2.23. The van der Waals surface area contributed by atoms with Crippen LogP contribution in [0.4, 0.5) is 0 Å². The number of rotatable bonds is 3. The summed E-state index contributed by atoms with van der Waals surface area (Å²) in [7, 11) is 0. The molecule has 1 aliphatic heterocycles. The van der Waals surface area contributed by atoms with Crippen LogP contribution in [-0.4, -0.2) is 0 Å². The van der Waals surface area contributed by atoms with Crippen LogP contribution in [0, 0.1) is 0 Å². The van der Waals surface area contributed by atoms with E-state index in [2.05, 4.69) is 44.2 Å². The zero-order valence-corrected chi connectivity index (χ0v) is 9.49. The van der Waals surface area contributed by atoms with Gasteiger partial charge >= 0.3 is 0 Å². The Kier molecular flexibility index (Phi) is 3.10. The molecule has 1 heterocycles. The fourth-order valence-electron chi connectivity index (χ4n) is 1.99. The molecule has 0 aromatic heterocycles. The molecule has 0 saturated carbocycles. The summed E-state index contributed by atoms with van der Waals surface area (Å²) in [5.41, 5.74) is 2.63. The maximum Gasteiger partial charge on any atom is 0.121 e. The van der Waals surface area contributed by atoms with Crippen molar-refractivity contribution >= 4 is 6.08 Å². The molecule has 0 spiro atoms. The first-order valence-electron chi connectivity index (χ1n) is 5.77. The van der Waals surface area contributed by atoms with Crippen molar-refractivity contribution in [1.29, 1.82) is 0 Å². The summed E-state index contributed by atoms with van der Waals surface area (Å²) < 4.78 is 5.88. The molecular formula is C14H18O. The molecule has 0 amide bonds. The normalized spacial score (nSPS) is 19.1. The van der Waals surface area contributed by atoms with Gasteiger partial charge in [0.15, 0.2) is 0 Å². The molecule has 2 rings (SSSR count). The van der Waals surface area contributed by atoms with E-state index in [0.717, 1.165) is 12.2 Å². The Morgan fingerprint density at radius 2 is 2.07 bits per heavy atom. The van der Waals surface area contributed by atoms with Crippen LogP contribution in [0.15, 0.2) is 30.0 Å². The Morgan fingerprint density at radius 3 is 2.87 bits per heavy atom. The predicted octanol–water partition coefficient (Wildman–Crippen LogP) is 4.31. The van der Waals surface area contributed by atoms with Crippen LogP contribution < -0.4 is 0 Å². The summed E-state index contributed by atoms with van der Waals surface area (Å²) in [5, 5.41) is 0. The van der Waals surface area contributed by atoms with Gasteiger partial charge in [-0.2, -0.15) is 0 Å². The van der Waals surface area contributed by atoms with Crippen LogP contribution in [0.3, 0.4) is 0 Å². The van der Waals surface area contributed by atoms with Crippen LogP contribution in [0.25, 0.3) is 6.08 Å². The quantitative estimate of drug-likeness (QED) is 0.709. The largest absolute Gasteiger partial charge is 0.490 e. The molecule has 0 unspecified atom stereocenters. The predicted molar refractivity (Wildman–Crippen MR) is 63.4 cm³/mol. The van der Waals surface area contributed by atoms with Crippen LogP contribution in [0.5, 0.6) is 0 Å². The van der Waals surface area contributed by atoms with Gasteiger partial charge < -0.3 is 4.74 Å². The molecule has 0 aliphatic carbocycles. The first-order valence-corrected chi connectivity index (χ1v) is 5.77. The van der Waals surface area contributed by atoms with Crippen molar-refractivity contribution in [3.8, 4) is 0 Å². The van der Waals surface area contributed by atoms with Gasteiger partial charge in [-0.1, -0.05) is 37.6 Å². The summed E-state index contributed by atoms with van der Waals surface area (Å²) in [5.74, 6) is 1.14. The molecular weight excluding hydrogens is 184 g/mol. The highest BCUT2D eigenvalue weighted by molar-refractivity contribution is 5.58. The van der Waals surface area contributed by atoms with E-state index >= 15 is 0 Å². The highest BCUT2D eigenvalue weighted by Gasteiger charge is 2.17. The SMILES string of the molecule is CCCCC1=Cc2ccccc2[C@H](C)O1. The van der Waals surface area contributed by atoms with Gasteiger partial charge in [-0.3, -0.25) is 0 Å². The van der Waals surface area contributed by atoms with Crippen LogP contribution >= 0.6 is 0 Å². The zero-order chi connectivity index (χ0) is 10.7. The molecule has 1 aromatic rings. The van der Waals surface area contributed by atoms with Gasteiger partial charge in [-0.15, -0.1) is 0 Å². The molecule has 0 radical (unpaired) electrons. The first-order chi connectivity index (χ1) is 7.31. The molecule has 1 aliphatic rings. The maximum absolute atomic E-state index is 5.88. The Labute approximate surface area is 91.8 Å². The van der Waals surface area contributed by atoms with E-state index in [4.69, 9.17) is 4.74 Å². The fourth-order valence-corrected chi connectivity index (χ4v) is 1.99. The van der Waals surface area contributed by atoms with E-state index < -0.39 is 0 Å². The van der Waals surface area contributed by atoms with Crippen LogP contribution in [-0.2, 0) is 4.74 Å². The smallest absolute Gasteiger partial charge is 0.121 e. The number of hydrogen-bond donors (Lipinski definition) is 0. The summed E-state index contributed by atoms with van der Waals surface area (Å²) in [6, 6.07) is 8.47. The van der Waals surface area contributed by atoms with Gasteiger partial charge in [-0.05, 0) is 30.5 Å². The standard InChI is InChI=1S/C14H18O/c1-3-4-8-13-10-12-7-5-6-9-14(12)11(2)15-13/h5-7,9-11H,3-4,8H2,1-2H3/t11-/m0/s1. The Morgan fingerprint density at radius 1 is 1.27 bits per heavy atom. The van der Waals surface area contributed by atoms with Crippen molar-refractivity contribution in [3.05, 3.63) is 41.2 Å². The molecule has 0 bridgehead atoms. The molecule has 0 N–H and O–H groups in total. The third-order valence-electron chi connectivity index (χ3n) is 2.86. The van der Waals surface area contributed by atoms with Crippen molar-refractivity contribution in [2.24, 2.45) is 0 Å². The summed E-state index contributed by atoms with van der Waals surface area (Å²) >= 11 is 0. The van der Waals surface area contributed by atoms with Gasteiger partial charge in [-0.25, -0.2) is 0 Å². The second-order valence-corrected chi connectivity index (χ2v) is 4.10. The Bertz CT molecular complexity index is 365. The molecule has 0 fully saturated rings. The van der Waals surface area contributed by atoms with Crippen LogP contribution in [0.2, 0.25) is 0 Å². The molecule has 15 heavy (non-hydrogen) atoms. The van der Waals surface area contributed by atoms with E-state index in [9.17, 15) is 0 Å². The first kappa shape index (κ1) is 10.3. The van der Waals surface area contributed by atoms with Gasteiger partial charge in [0, 0.05) is 6.42 Å². The molecule has 1 aromatic carbocycles. The lowest BCUT2D eigenvalue weighted by molar-refractivity contribution is 0.123. The highest BCUT2D eigenvalue weighted by atomic mass is 16.5. The monoisotopic (exact) mass is 202 g/mol. The number of allylic oxidation sites excluding steroid dienone is 1. The molecule has 0 saturated heterocycles. The van der Waals surface area contributed by atoms with Crippen LogP contribution in [0.1, 0.15) is 50.3 Å². The van der Waals surface area contributed by atoms with E-state index in [-0.39, 0.29) is 6.10 Å². The highest BCUT2D eigenvalue weighted by Crippen LogP contribution is 2.32. The molecule has 80 valence electrons. The minimum absolute atomic E-state index is 0.207. The molecule has 1 atom stereocenters. The minimum Gasteiger partial charge on any atom is -0.490 e. The third-order valence-corrected chi connectivity index (χ3v) is 2.86. The van der Waals surface area contributed by atoms with Crippen molar-refractivity contribution in [3.63, 3.8) is 0 Å². The van der Waals surface area contributed by atoms with E-state index in [0.29, 0.717) is 0 Å². The van der Waals surface area contributed by atoms with Crippen molar-refractivity contribution in [2.45, 2.75) is 39.2 Å². The lowest BCUT2D eigenvalue weighted by Crippen LogP contribution is -2.07. The number of hydrogen-bond acceptors (Lipinski definition) is 1. The summed E-state index contributed by atoms with van der Waals surface area (Å²) in [4.78, 5) is 0. The second-order valence-electron chi connectivity index (χ2n) is 4.10. The van der Waals surface area contributed by atoms with Gasteiger partial charge in [0.2, 0.25) is 0 Å². The lowest BCUT2D eigenvalue weighted by atomic mass is 9.99. The average Bonchev–Trinajstić information content (AvgIpc) is 2.26. The van der Waals surface area contributed by atoms with Crippen molar-refractivity contribution in [1.82, 2.24) is 0 Å². The second kappa shape index (κ2) is 4.52. The molecule has 1 heteroatoms. The summed E-state index contributed by atoms with van der Waals surface area (Å²) in [6.07, 6.45) is 5.88.